The van der Waals surface area contributed by atoms with E-state index in [4.69, 9.17) is 4.98 Å². The van der Waals surface area contributed by atoms with Gasteiger partial charge in [-0.2, -0.15) is 11.3 Å². The third kappa shape index (κ3) is 2.97. The lowest BCUT2D eigenvalue weighted by atomic mass is 9.91. The van der Waals surface area contributed by atoms with Gasteiger partial charge in [-0.3, -0.25) is 0 Å². The van der Waals surface area contributed by atoms with Crippen LogP contribution in [0.2, 0.25) is 0 Å². The highest BCUT2D eigenvalue weighted by molar-refractivity contribution is 7.15. The molecule has 0 spiro atoms. The highest BCUT2D eigenvalue weighted by atomic mass is 32.1. The fourth-order valence-electron chi connectivity index (χ4n) is 2.28. The summed E-state index contributed by atoms with van der Waals surface area (Å²) in [6.45, 7) is 9.91. The maximum absolute atomic E-state index is 4.97. The van der Waals surface area contributed by atoms with Crippen molar-refractivity contribution >= 4 is 22.7 Å². The topological polar surface area (TPSA) is 24.9 Å². The number of aryl methyl sites for hydroxylation is 1. The fraction of sp³-hybridized carbons (Fsp3) is 0.562. The second-order valence-electron chi connectivity index (χ2n) is 6.66. The maximum Gasteiger partial charge on any atom is 0.125 e. The summed E-state index contributed by atoms with van der Waals surface area (Å²) in [5.74, 6) is 0. The Balaban J connectivity index is 1.94. The third-order valence-corrected chi connectivity index (χ3v) is 5.57. The minimum absolute atomic E-state index is 0.110. The van der Waals surface area contributed by atoms with Crippen molar-refractivity contribution in [3.8, 4) is 10.6 Å². The summed E-state index contributed by atoms with van der Waals surface area (Å²) < 4.78 is 0. The Bertz CT molecular complexity index is 600. The first-order chi connectivity index (χ1) is 9.45. The van der Waals surface area contributed by atoms with Gasteiger partial charge < -0.3 is 5.32 Å². The first-order valence-electron chi connectivity index (χ1n) is 7.22. The number of nitrogens with one attached hydrogen (secondary N) is 1. The van der Waals surface area contributed by atoms with Crippen LogP contribution in [0.4, 0.5) is 0 Å². The molecule has 1 aliphatic rings. The summed E-state index contributed by atoms with van der Waals surface area (Å²) in [5.41, 5.74) is 4.02. The number of hydrogen-bond donors (Lipinski definition) is 1. The van der Waals surface area contributed by atoms with E-state index in [9.17, 15) is 0 Å². The van der Waals surface area contributed by atoms with Crippen LogP contribution in [0, 0.1) is 6.92 Å². The molecule has 0 radical (unpaired) electrons. The molecule has 0 amide bonds. The van der Waals surface area contributed by atoms with Gasteiger partial charge in [-0.1, -0.05) is 20.8 Å². The van der Waals surface area contributed by atoms with Crippen LogP contribution in [0.5, 0.6) is 0 Å². The van der Waals surface area contributed by atoms with Gasteiger partial charge in [0, 0.05) is 33.8 Å². The average Bonchev–Trinajstić information content (AvgIpc) is 2.93. The Morgan fingerprint density at radius 2 is 2.05 bits per heavy atom. The van der Waals surface area contributed by atoms with Gasteiger partial charge in [0.25, 0.3) is 0 Å². The summed E-state index contributed by atoms with van der Waals surface area (Å²) in [4.78, 5) is 6.38. The molecule has 4 heteroatoms. The molecule has 1 N–H and O–H groups in total. The summed E-state index contributed by atoms with van der Waals surface area (Å²) >= 11 is 3.62. The Hall–Kier alpha value is -0.710. The van der Waals surface area contributed by atoms with Gasteiger partial charge in [-0.15, -0.1) is 11.3 Å². The number of thiazole rings is 1. The van der Waals surface area contributed by atoms with E-state index in [2.05, 4.69) is 43.8 Å². The molecule has 0 unspecified atom stereocenters. The van der Waals surface area contributed by atoms with Crippen molar-refractivity contribution in [2.75, 3.05) is 0 Å². The smallest absolute Gasteiger partial charge is 0.125 e. The molecular formula is C16H22N2S2. The van der Waals surface area contributed by atoms with Crippen LogP contribution in [0.3, 0.4) is 0 Å². The van der Waals surface area contributed by atoms with E-state index >= 15 is 0 Å². The monoisotopic (exact) mass is 306 g/mol. The standard InChI is InChI=1S/C16H22N2S2/c1-10-8-19-9-12(10)15-18-14(16(2,3)4)13(20-15)7-17-11-5-6-11/h8-9,11,17H,5-7H2,1-4H3. The van der Waals surface area contributed by atoms with Crippen LogP contribution >= 0.6 is 22.7 Å². The van der Waals surface area contributed by atoms with Crippen LogP contribution < -0.4 is 5.32 Å². The zero-order chi connectivity index (χ0) is 14.3. The average molecular weight is 307 g/mol. The zero-order valence-corrected chi connectivity index (χ0v) is 14.3. The quantitative estimate of drug-likeness (QED) is 0.883. The Morgan fingerprint density at radius 3 is 2.60 bits per heavy atom. The Labute approximate surface area is 129 Å². The van der Waals surface area contributed by atoms with Gasteiger partial charge in [0.2, 0.25) is 0 Å². The van der Waals surface area contributed by atoms with Crippen molar-refractivity contribution < 1.29 is 0 Å². The molecule has 1 fully saturated rings. The van der Waals surface area contributed by atoms with Crippen molar-refractivity contribution in [2.45, 2.75) is 58.5 Å². The fourth-order valence-corrected chi connectivity index (χ4v) is 4.49. The molecule has 3 rings (SSSR count). The minimum Gasteiger partial charge on any atom is -0.309 e. The summed E-state index contributed by atoms with van der Waals surface area (Å²) in [7, 11) is 0. The van der Waals surface area contributed by atoms with E-state index in [0.29, 0.717) is 0 Å². The maximum atomic E-state index is 4.97. The highest BCUT2D eigenvalue weighted by Crippen LogP contribution is 2.37. The van der Waals surface area contributed by atoms with Crippen LogP contribution in [-0.4, -0.2) is 11.0 Å². The first kappa shape index (κ1) is 14.2. The van der Waals surface area contributed by atoms with Crippen LogP contribution in [0.15, 0.2) is 10.8 Å². The molecule has 2 heterocycles. The van der Waals surface area contributed by atoms with Crippen molar-refractivity contribution in [3.63, 3.8) is 0 Å². The predicted octanol–water partition coefficient (Wildman–Crippen LogP) is 4.73. The van der Waals surface area contributed by atoms with Crippen LogP contribution in [0.1, 0.15) is 49.7 Å². The van der Waals surface area contributed by atoms with Gasteiger partial charge in [-0.25, -0.2) is 4.98 Å². The Morgan fingerprint density at radius 1 is 1.30 bits per heavy atom. The first-order valence-corrected chi connectivity index (χ1v) is 8.98. The van der Waals surface area contributed by atoms with Crippen LogP contribution in [-0.2, 0) is 12.0 Å². The molecule has 1 aliphatic carbocycles. The number of thiophene rings is 1. The van der Waals surface area contributed by atoms with E-state index in [-0.39, 0.29) is 5.41 Å². The molecule has 2 aromatic rings. The van der Waals surface area contributed by atoms with Crippen molar-refractivity contribution in [1.82, 2.24) is 10.3 Å². The molecule has 0 saturated heterocycles. The van der Waals surface area contributed by atoms with E-state index in [1.54, 1.807) is 11.3 Å². The van der Waals surface area contributed by atoms with Crippen molar-refractivity contribution in [3.05, 3.63) is 26.9 Å². The molecule has 20 heavy (non-hydrogen) atoms. The Kier molecular flexibility index (Phi) is 3.73. The van der Waals surface area contributed by atoms with Gasteiger partial charge in [-0.05, 0) is 30.7 Å². The molecule has 0 atom stereocenters. The molecule has 0 bridgehead atoms. The molecule has 1 saturated carbocycles. The van der Waals surface area contributed by atoms with Crippen molar-refractivity contribution in [1.29, 1.82) is 0 Å². The number of nitrogens with zero attached hydrogens (tertiary/aromatic N) is 1. The molecule has 2 nitrogen and oxygen atoms in total. The number of aromatic nitrogens is 1. The van der Waals surface area contributed by atoms with Crippen molar-refractivity contribution in [2.24, 2.45) is 0 Å². The van der Waals surface area contributed by atoms with E-state index in [1.165, 1.54) is 39.5 Å². The summed E-state index contributed by atoms with van der Waals surface area (Å²) in [6, 6.07) is 0.747. The lowest BCUT2D eigenvalue weighted by Crippen LogP contribution is -2.19. The van der Waals surface area contributed by atoms with E-state index < -0.39 is 0 Å². The number of hydrogen-bond acceptors (Lipinski definition) is 4. The molecular weight excluding hydrogens is 284 g/mol. The minimum atomic E-state index is 0.110. The second-order valence-corrected chi connectivity index (χ2v) is 8.49. The third-order valence-electron chi connectivity index (χ3n) is 3.62. The van der Waals surface area contributed by atoms with Gasteiger partial charge in [0.1, 0.15) is 5.01 Å². The predicted molar refractivity (Wildman–Crippen MR) is 88.7 cm³/mol. The second kappa shape index (κ2) is 5.24. The largest absolute Gasteiger partial charge is 0.309 e. The van der Waals surface area contributed by atoms with Gasteiger partial charge >= 0.3 is 0 Å². The molecule has 108 valence electrons. The number of rotatable bonds is 4. The summed E-state index contributed by atoms with van der Waals surface area (Å²) in [6.07, 6.45) is 2.67. The SMILES string of the molecule is Cc1cscc1-c1nc(C(C)(C)C)c(CNC2CC2)s1. The molecule has 0 aromatic carbocycles. The van der Waals surface area contributed by atoms with E-state index in [1.807, 2.05) is 11.3 Å². The summed E-state index contributed by atoms with van der Waals surface area (Å²) in [5, 5.41) is 9.24. The zero-order valence-electron chi connectivity index (χ0n) is 12.6. The molecule has 2 aromatic heterocycles. The lowest BCUT2D eigenvalue weighted by molar-refractivity contribution is 0.559. The van der Waals surface area contributed by atoms with Gasteiger partial charge in [0.05, 0.1) is 5.69 Å². The lowest BCUT2D eigenvalue weighted by Gasteiger charge is -2.17. The highest BCUT2D eigenvalue weighted by Gasteiger charge is 2.26. The molecule has 0 aliphatic heterocycles. The van der Waals surface area contributed by atoms with E-state index in [0.717, 1.165) is 12.6 Å². The van der Waals surface area contributed by atoms with Gasteiger partial charge in [0.15, 0.2) is 0 Å². The van der Waals surface area contributed by atoms with Crippen LogP contribution in [0.25, 0.3) is 10.6 Å². The normalized spacial score (nSPS) is 15.8.